The van der Waals surface area contributed by atoms with Gasteiger partial charge in [0.2, 0.25) is 8.41 Å². The van der Waals surface area contributed by atoms with Crippen LogP contribution >= 0.6 is 0 Å². The van der Waals surface area contributed by atoms with Gasteiger partial charge in [0.15, 0.2) is 0 Å². The Morgan fingerprint density at radius 3 is 2.50 bits per heavy atom. The monoisotopic (exact) mass is 214 g/mol. The SMILES string of the molecule is COS(=O)OCCC[Si](C)(C)F. The Balaban J connectivity index is 3.28. The van der Waals surface area contributed by atoms with E-state index in [0.717, 1.165) is 0 Å². The number of halogens is 1. The molecule has 0 bridgehead atoms. The molecule has 6 heteroatoms. The minimum absolute atomic E-state index is 0.292. The van der Waals surface area contributed by atoms with Gasteiger partial charge in [-0.1, -0.05) is 0 Å². The molecule has 0 aliphatic carbocycles. The van der Waals surface area contributed by atoms with Crippen LogP contribution in [0.4, 0.5) is 4.11 Å². The van der Waals surface area contributed by atoms with Crippen LogP contribution in [0.3, 0.4) is 0 Å². The molecule has 3 nitrogen and oxygen atoms in total. The van der Waals surface area contributed by atoms with E-state index in [1.165, 1.54) is 7.11 Å². The van der Waals surface area contributed by atoms with Gasteiger partial charge in [-0.25, -0.2) is 0 Å². The normalized spacial score (nSPS) is 14.7. The highest BCUT2D eigenvalue weighted by molar-refractivity contribution is 7.75. The van der Waals surface area contributed by atoms with Crippen molar-refractivity contribution >= 4 is 19.8 Å². The Morgan fingerprint density at radius 1 is 1.50 bits per heavy atom. The maximum Gasteiger partial charge on any atom is 0.304 e. The fourth-order valence-corrected chi connectivity index (χ4v) is 2.00. The molecule has 0 aromatic carbocycles. The van der Waals surface area contributed by atoms with E-state index in [0.29, 0.717) is 19.1 Å². The molecule has 0 aromatic heterocycles. The Kier molecular flexibility index (Phi) is 5.90. The molecule has 0 saturated carbocycles. The lowest BCUT2D eigenvalue weighted by molar-refractivity contribution is 0.281. The smallest absolute Gasteiger partial charge is 0.304 e. The summed E-state index contributed by atoms with van der Waals surface area (Å²) in [5, 5.41) is 0. The van der Waals surface area contributed by atoms with Gasteiger partial charge in [0.1, 0.15) is 0 Å². The lowest BCUT2D eigenvalue weighted by Crippen LogP contribution is -2.18. The third-order valence-corrected chi connectivity index (χ3v) is 3.41. The van der Waals surface area contributed by atoms with E-state index in [1.807, 2.05) is 0 Å². The van der Waals surface area contributed by atoms with E-state index in [-0.39, 0.29) is 0 Å². The van der Waals surface area contributed by atoms with Crippen LogP contribution in [0.25, 0.3) is 0 Å². The second-order valence-corrected chi connectivity index (χ2v) is 7.93. The summed E-state index contributed by atoms with van der Waals surface area (Å²) in [6, 6.07) is 0.536. The first-order valence-electron chi connectivity index (χ1n) is 3.74. The van der Waals surface area contributed by atoms with Crippen molar-refractivity contribution in [3.8, 4) is 0 Å². The van der Waals surface area contributed by atoms with Gasteiger partial charge >= 0.3 is 11.4 Å². The Bertz CT molecular complexity index is 148. The molecule has 74 valence electrons. The Labute approximate surface area is 76.3 Å². The summed E-state index contributed by atoms with van der Waals surface area (Å²) in [4.78, 5) is 0. The average molecular weight is 214 g/mol. The summed E-state index contributed by atoms with van der Waals surface area (Å²) < 4.78 is 32.5. The van der Waals surface area contributed by atoms with Crippen LogP contribution in [0.15, 0.2) is 0 Å². The summed E-state index contributed by atoms with van der Waals surface area (Å²) in [7, 11) is -1.16. The van der Waals surface area contributed by atoms with E-state index >= 15 is 0 Å². The van der Waals surface area contributed by atoms with Gasteiger partial charge in [-0.15, -0.1) is 0 Å². The minimum Gasteiger partial charge on any atom is -0.314 e. The van der Waals surface area contributed by atoms with Crippen LogP contribution in [0.2, 0.25) is 19.1 Å². The van der Waals surface area contributed by atoms with E-state index in [2.05, 4.69) is 4.18 Å². The molecule has 0 fully saturated rings. The zero-order chi connectivity index (χ0) is 9.61. The number of hydrogen-bond acceptors (Lipinski definition) is 3. The van der Waals surface area contributed by atoms with Crippen LogP contribution in [0, 0.1) is 0 Å². The maximum atomic E-state index is 13.0. The standard InChI is InChI=1S/C6H15FO3SSi/c1-9-11(8)10-5-4-6-12(2,3)7/h4-6H2,1-3H3. The fraction of sp³-hybridized carbons (Fsp3) is 1.00. The zero-order valence-electron chi connectivity index (χ0n) is 7.63. The predicted molar refractivity (Wildman–Crippen MR) is 49.1 cm³/mol. The van der Waals surface area contributed by atoms with Crippen molar-refractivity contribution in [2.45, 2.75) is 25.6 Å². The topological polar surface area (TPSA) is 35.5 Å². The highest BCUT2D eigenvalue weighted by Gasteiger charge is 2.19. The summed E-state index contributed by atoms with van der Waals surface area (Å²) >= 11 is -1.66. The van der Waals surface area contributed by atoms with Crippen molar-refractivity contribution < 1.29 is 16.7 Å². The molecule has 0 saturated heterocycles. The summed E-state index contributed by atoms with van der Waals surface area (Å²) in [5.74, 6) is 0. The van der Waals surface area contributed by atoms with Gasteiger partial charge in [0.25, 0.3) is 0 Å². The molecule has 12 heavy (non-hydrogen) atoms. The highest BCUT2D eigenvalue weighted by Crippen LogP contribution is 2.12. The van der Waals surface area contributed by atoms with Gasteiger partial charge in [-0.05, 0) is 25.6 Å². The number of hydrogen-bond donors (Lipinski definition) is 0. The second kappa shape index (κ2) is 5.79. The minimum atomic E-state index is -2.46. The molecular weight excluding hydrogens is 199 g/mol. The molecule has 0 N–H and O–H groups in total. The van der Waals surface area contributed by atoms with Crippen molar-refractivity contribution in [1.29, 1.82) is 0 Å². The van der Waals surface area contributed by atoms with Crippen molar-refractivity contribution in [3.63, 3.8) is 0 Å². The van der Waals surface area contributed by atoms with Gasteiger partial charge < -0.3 is 4.11 Å². The second-order valence-electron chi connectivity index (χ2n) is 3.02. The summed E-state index contributed by atoms with van der Waals surface area (Å²) in [6.07, 6.45) is 0.602. The molecule has 0 amide bonds. The highest BCUT2D eigenvalue weighted by atomic mass is 32.2. The molecule has 0 radical (unpaired) electrons. The molecule has 0 rings (SSSR count). The van der Waals surface area contributed by atoms with Crippen LogP contribution in [0.5, 0.6) is 0 Å². The van der Waals surface area contributed by atoms with Crippen LogP contribution in [-0.2, 0) is 19.7 Å². The molecule has 0 aliphatic heterocycles. The Morgan fingerprint density at radius 2 is 2.08 bits per heavy atom. The summed E-state index contributed by atoms with van der Waals surface area (Å²) in [6.45, 7) is 3.57. The first-order chi connectivity index (χ1) is 5.45. The van der Waals surface area contributed by atoms with Gasteiger partial charge in [-0.3, -0.25) is 8.37 Å². The molecule has 1 unspecified atom stereocenters. The van der Waals surface area contributed by atoms with Gasteiger partial charge in [-0.2, -0.15) is 4.21 Å². The van der Waals surface area contributed by atoms with E-state index in [1.54, 1.807) is 13.1 Å². The number of rotatable bonds is 6. The largest absolute Gasteiger partial charge is 0.314 e. The zero-order valence-corrected chi connectivity index (χ0v) is 9.45. The first kappa shape index (κ1) is 12.2. The Hall–Kier alpha value is 0.217. The van der Waals surface area contributed by atoms with Gasteiger partial charge in [0.05, 0.1) is 13.7 Å². The first-order valence-corrected chi connectivity index (χ1v) is 7.82. The molecule has 0 heterocycles. The van der Waals surface area contributed by atoms with Crippen LogP contribution in [-0.4, -0.2) is 26.3 Å². The van der Waals surface area contributed by atoms with Crippen LogP contribution < -0.4 is 0 Å². The van der Waals surface area contributed by atoms with Crippen LogP contribution in [0.1, 0.15) is 6.42 Å². The van der Waals surface area contributed by atoms with E-state index < -0.39 is 19.8 Å². The predicted octanol–water partition coefficient (Wildman–Crippen LogP) is 1.79. The van der Waals surface area contributed by atoms with E-state index in [9.17, 15) is 8.32 Å². The maximum absolute atomic E-state index is 13.0. The molecule has 0 spiro atoms. The average Bonchev–Trinajstić information content (AvgIpc) is 1.96. The lowest BCUT2D eigenvalue weighted by atomic mass is 10.5. The third-order valence-electron chi connectivity index (χ3n) is 1.23. The van der Waals surface area contributed by atoms with Gasteiger partial charge in [0, 0.05) is 0 Å². The lowest BCUT2D eigenvalue weighted by Gasteiger charge is -2.09. The molecule has 1 atom stereocenters. The van der Waals surface area contributed by atoms with Crippen molar-refractivity contribution in [1.82, 2.24) is 0 Å². The quantitative estimate of drug-likeness (QED) is 0.384. The molecule has 0 aliphatic rings. The molecule has 0 aromatic rings. The van der Waals surface area contributed by atoms with E-state index in [4.69, 9.17) is 4.18 Å². The van der Waals surface area contributed by atoms with Crippen molar-refractivity contribution in [3.05, 3.63) is 0 Å². The fourth-order valence-electron chi connectivity index (χ4n) is 0.668. The van der Waals surface area contributed by atoms with Crippen molar-refractivity contribution in [2.24, 2.45) is 0 Å². The third kappa shape index (κ3) is 8.31. The van der Waals surface area contributed by atoms with Crippen molar-refractivity contribution in [2.75, 3.05) is 13.7 Å². The molecular formula is C6H15FO3SSi. The summed E-state index contributed by atoms with van der Waals surface area (Å²) in [5.41, 5.74) is 0.